The number of hydrogen-bond donors (Lipinski definition) is 4. The van der Waals surface area contributed by atoms with Crippen LogP contribution in [0.2, 0.25) is 0 Å². The molecule has 4 aromatic carbocycles. The van der Waals surface area contributed by atoms with Gasteiger partial charge in [-0.2, -0.15) is 5.21 Å². The number of aromatic amines is 2. The number of aryl methyl sites for hydroxylation is 2. The van der Waals surface area contributed by atoms with Crippen LogP contribution in [0.3, 0.4) is 0 Å². The van der Waals surface area contributed by atoms with Crippen molar-refractivity contribution in [3.8, 4) is 33.5 Å². The van der Waals surface area contributed by atoms with E-state index < -0.39 is 35.1 Å². The molecule has 4 N–H and O–H groups in total. The zero-order valence-corrected chi connectivity index (χ0v) is 36.7. The Morgan fingerprint density at radius 1 is 0.831 bits per heavy atom. The minimum atomic E-state index is -1.53. The Balaban J connectivity index is 0.848. The number of nitrogens with one attached hydrogen (secondary N) is 3. The van der Waals surface area contributed by atoms with Crippen molar-refractivity contribution in [3.05, 3.63) is 119 Å². The second-order valence-corrected chi connectivity index (χ2v) is 17.8. The van der Waals surface area contributed by atoms with Gasteiger partial charge in [0, 0.05) is 36.9 Å². The number of aromatic nitrogens is 4. The number of methoxy groups -OCH3 is 1. The summed E-state index contributed by atoms with van der Waals surface area (Å²) in [7, 11) is 1.29. The van der Waals surface area contributed by atoms with Crippen molar-refractivity contribution in [3.63, 3.8) is 0 Å². The minimum Gasteiger partial charge on any atom is -0.494 e. The molecule has 1 aliphatic carbocycles. The first-order valence-electron chi connectivity index (χ1n) is 22.8. The maximum absolute atomic E-state index is 14.1. The monoisotopic (exact) mass is 878 g/mol. The number of amides is 3. The van der Waals surface area contributed by atoms with Crippen molar-refractivity contribution < 1.29 is 38.9 Å². The molecule has 0 spiro atoms. The van der Waals surface area contributed by atoms with Crippen LogP contribution < -0.4 is 10.4 Å². The number of hydrogen-bond acceptors (Lipinski definition) is 10. The van der Waals surface area contributed by atoms with Gasteiger partial charge >= 0.3 is 12.2 Å². The fraction of sp³-hybridized carbons (Fsp3) is 0.380. The maximum Gasteiger partial charge on any atom is 0.407 e. The van der Waals surface area contributed by atoms with E-state index in [0.717, 1.165) is 88.2 Å². The largest absolute Gasteiger partial charge is 0.494 e. The van der Waals surface area contributed by atoms with Crippen LogP contribution in [0.4, 0.5) is 9.59 Å². The molecule has 3 saturated heterocycles. The second kappa shape index (κ2) is 17.5. The summed E-state index contributed by atoms with van der Waals surface area (Å²) < 4.78 is 9.11. The van der Waals surface area contributed by atoms with E-state index in [4.69, 9.17) is 19.4 Å². The fourth-order valence-corrected chi connectivity index (χ4v) is 10.7. The molecular formula is C50H54N8O7. The van der Waals surface area contributed by atoms with E-state index in [2.05, 4.69) is 63.8 Å². The van der Waals surface area contributed by atoms with Crippen LogP contribution in [0.15, 0.2) is 91.0 Å². The summed E-state index contributed by atoms with van der Waals surface area (Å²) in [5.74, 6) is 1.18. The number of likely N-dealkylation sites (tertiary alicyclic amines) is 1. The standard InChI is InChI=1S/C50H54N8O7/c1-30(31-22-26-65-27-23-31)58(63,50(61)62)57-25-7-11-43(57)47-51-39-20-17-36(29-41(39)53-47)33-14-12-32(13-15-33)35-16-19-38-37(28-35)18-21-40-45(38)54-46(52-40)42-10-6-24-56(42)48(59)44(55-49(60)64-2)34-8-4-3-5-9-34/h3-5,8-9,12-17,19-20,28-31,42-44,63H,6-7,10-11,18,21-27H2,1-2H3,(H3-,51,52,53,54,55,60,61,62). The molecule has 6 aromatic rings. The van der Waals surface area contributed by atoms with E-state index in [9.17, 15) is 24.7 Å². The third-order valence-electron chi connectivity index (χ3n) is 14.2. The van der Waals surface area contributed by atoms with Crippen molar-refractivity contribution in [2.75, 3.05) is 33.4 Å². The minimum absolute atomic E-state index is 0.0151. The molecule has 0 radical (unpaired) electrons. The highest BCUT2D eigenvalue weighted by Crippen LogP contribution is 2.41. The maximum atomic E-state index is 14.1. The Morgan fingerprint density at radius 3 is 2.25 bits per heavy atom. The lowest BCUT2D eigenvalue weighted by atomic mass is 9.89. The molecule has 336 valence electrons. The summed E-state index contributed by atoms with van der Waals surface area (Å²) >= 11 is 0. The molecule has 3 aliphatic heterocycles. The number of H-pyrrole nitrogens is 2. The number of quaternary nitrogens is 1. The van der Waals surface area contributed by atoms with Crippen LogP contribution in [-0.4, -0.2) is 97.4 Å². The van der Waals surface area contributed by atoms with Crippen LogP contribution in [-0.2, 0) is 27.1 Å². The van der Waals surface area contributed by atoms with E-state index in [1.54, 1.807) is 11.9 Å². The summed E-state index contributed by atoms with van der Waals surface area (Å²) in [6.45, 7) is 3.87. The van der Waals surface area contributed by atoms with E-state index in [-0.39, 0.29) is 17.9 Å². The molecule has 65 heavy (non-hydrogen) atoms. The summed E-state index contributed by atoms with van der Waals surface area (Å²) in [6.07, 6.45) is 3.82. The smallest absolute Gasteiger partial charge is 0.407 e. The number of nitrogens with zero attached hydrogens (tertiary/aromatic N) is 5. The molecule has 5 unspecified atom stereocenters. The normalized spacial score (nSPS) is 20.8. The SMILES string of the molecule is COC(=O)NC(C(=O)N1CCCC1c1nc2c([nH]1)CCc1cc(-c3ccc(-c4ccc5nc(C6CCCN6[N+](O)(C(=O)[O-])C(C)C6CCOCC6)[nH]c5c4)cc3)ccc1-2)c1ccccc1. The van der Waals surface area contributed by atoms with Gasteiger partial charge in [0.15, 0.2) is 0 Å². The van der Waals surface area contributed by atoms with Crippen LogP contribution in [0.1, 0.15) is 92.0 Å². The van der Waals surface area contributed by atoms with Crippen molar-refractivity contribution in [2.24, 2.45) is 5.92 Å². The Hall–Kier alpha value is -6.39. The van der Waals surface area contributed by atoms with Crippen LogP contribution in [0.5, 0.6) is 0 Å². The average molecular weight is 879 g/mol. The van der Waals surface area contributed by atoms with Gasteiger partial charge in [-0.25, -0.2) is 14.8 Å². The van der Waals surface area contributed by atoms with Gasteiger partial charge in [0.25, 0.3) is 5.91 Å². The van der Waals surface area contributed by atoms with Gasteiger partial charge in [0.2, 0.25) is 0 Å². The number of imidazole rings is 2. The Morgan fingerprint density at radius 2 is 1.51 bits per heavy atom. The average Bonchev–Trinajstić information content (AvgIpc) is 4.19. The highest BCUT2D eigenvalue weighted by Gasteiger charge is 2.52. The predicted octanol–water partition coefficient (Wildman–Crippen LogP) is 7.56. The van der Waals surface area contributed by atoms with Crippen LogP contribution in [0, 0.1) is 5.92 Å². The topological polar surface area (TPSA) is 189 Å². The van der Waals surface area contributed by atoms with E-state index in [1.807, 2.05) is 47.4 Å². The quantitative estimate of drug-likeness (QED) is 0.0607. The summed E-state index contributed by atoms with van der Waals surface area (Å²) in [4.78, 5) is 58.0. The van der Waals surface area contributed by atoms with Crippen LogP contribution in [0.25, 0.3) is 44.5 Å². The number of carboxylic acid groups (broad SMARTS) is 1. The molecule has 15 heteroatoms. The fourth-order valence-electron chi connectivity index (χ4n) is 10.7. The molecule has 5 heterocycles. The van der Waals surface area contributed by atoms with Crippen molar-refractivity contribution in [2.45, 2.75) is 82.5 Å². The number of carbonyl (C=O) groups excluding carboxylic acids is 3. The number of fused-ring (bicyclic) bond motifs is 4. The number of hydroxylamine groups is 2. The first-order chi connectivity index (χ1) is 31.6. The summed E-state index contributed by atoms with van der Waals surface area (Å²) in [6, 6.07) is 28.3. The molecule has 0 saturated carbocycles. The van der Waals surface area contributed by atoms with Crippen LogP contribution >= 0.6 is 0 Å². The van der Waals surface area contributed by atoms with Gasteiger partial charge in [-0.3, -0.25) is 4.79 Å². The zero-order valence-electron chi connectivity index (χ0n) is 36.7. The highest BCUT2D eigenvalue weighted by atomic mass is 16.7. The first kappa shape index (κ1) is 42.6. The van der Waals surface area contributed by atoms with E-state index >= 15 is 0 Å². The molecule has 0 bridgehead atoms. The molecule has 10 rings (SSSR count). The third-order valence-corrected chi connectivity index (χ3v) is 14.2. The zero-order chi connectivity index (χ0) is 44.8. The highest BCUT2D eigenvalue weighted by molar-refractivity contribution is 5.88. The van der Waals surface area contributed by atoms with Gasteiger partial charge in [0.1, 0.15) is 29.8 Å². The summed E-state index contributed by atoms with van der Waals surface area (Å²) in [5.41, 5.74) is 10.9. The Kier molecular flexibility index (Phi) is 11.5. The van der Waals surface area contributed by atoms with Gasteiger partial charge in [0.05, 0.1) is 36.4 Å². The molecule has 4 aliphatic rings. The number of benzene rings is 4. The van der Waals surface area contributed by atoms with E-state index in [1.165, 1.54) is 12.7 Å². The number of alkyl carbamates (subject to hydrolysis) is 1. The predicted molar refractivity (Wildman–Crippen MR) is 239 cm³/mol. The van der Waals surface area contributed by atoms with Crippen molar-refractivity contribution >= 4 is 29.1 Å². The Bertz CT molecular complexity index is 2730. The third kappa shape index (κ3) is 7.85. The molecule has 3 amide bonds. The lowest BCUT2D eigenvalue weighted by molar-refractivity contribution is -1.16. The number of carbonyl (C=O) groups is 3. The molecule has 3 fully saturated rings. The second-order valence-electron chi connectivity index (χ2n) is 17.8. The first-order valence-corrected chi connectivity index (χ1v) is 22.8. The number of rotatable bonds is 10. The number of ether oxygens (including phenoxy) is 2. The molecule has 15 nitrogen and oxygen atoms in total. The summed E-state index contributed by atoms with van der Waals surface area (Å²) in [5, 5.41) is 28.9. The van der Waals surface area contributed by atoms with E-state index in [0.29, 0.717) is 57.0 Å². The lowest BCUT2D eigenvalue weighted by Crippen LogP contribution is -2.70. The Labute approximate surface area is 376 Å². The lowest BCUT2D eigenvalue weighted by Gasteiger charge is -2.45. The van der Waals surface area contributed by atoms with Gasteiger partial charge in [-0.1, -0.05) is 83.6 Å². The van der Waals surface area contributed by atoms with Crippen molar-refractivity contribution in [1.29, 1.82) is 0 Å². The molecular weight excluding hydrogens is 825 g/mol. The van der Waals surface area contributed by atoms with Gasteiger partial charge < -0.3 is 39.6 Å². The molecule has 5 atom stereocenters. The van der Waals surface area contributed by atoms with Crippen molar-refractivity contribution in [1.82, 2.24) is 35.2 Å². The molecule has 2 aromatic heterocycles. The van der Waals surface area contributed by atoms with Gasteiger partial charge in [-0.15, -0.1) is 5.01 Å². The van der Waals surface area contributed by atoms with Gasteiger partial charge in [-0.05, 0) is 104 Å².